The van der Waals surface area contributed by atoms with Crippen molar-refractivity contribution in [3.63, 3.8) is 0 Å². The number of benzene rings is 2. The predicted octanol–water partition coefficient (Wildman–Crippen LogP) is 5.20. The first-order chi connectivity index (χ1) is 13.0. The van der Waals surface area contributed by atoms with Gasteiger partial charge in [0.1, 0.15) is 10.8 Å². The van der Waals surface area contributed by atoms with Crippen molar-refractivity contribution in [3.8, 4) is 16.3 Å². The molecule has 0 unspecified atom stereocenters. The molecule has 0 spiro atoms. The molecule has 0 aliphatic carbocycles. The van der Waals surface area contributed by atoms with Gasteiger partial charge in [-0.2, -0.15) is 0 Å². The number of carbonyl (C=O) groups excluding carboxylic acids is 1. The van der Waals surface area contributed by atoms with Gasteiger partial charge in [0.05, 0.1) is 16.7 Å². The number of nitrogens with one attached hydrogen (secondary N) is 1. The second-order valence-electron chi connectivity index (χ2n) is 5.29. The van der Waals surface area contributed by atoms with Gasteiger partial charge in [-0.1, -0.05) is 46.7 Å². The van der Waals surface area contributed by atoms with Crippen LogP contribution in [-0.2, 0) is 9.53 Å². The largest absolute Gasteiger partial charge is 0.482 e. The van der Waals surface area contributed by atoms with Gasteiger partial charge in [0, 0.05) is 11.3 Å². The minimum absolute atomic E-state index is 0.141. The number of rotatable bonds is 7. The minimum Gasteiger partial charge on any atom is -0.482 e. The van der Waals surface area contributed by atoms with E-state index in [4.69, 9.17) is 32.7 Å². The molecule has 2 aromatic carbocycles. The molecule has 140 valence electrons. The highest BCUT2D eigenvalue weighted by atomic mass is 35.5. The number of ether oxygens (including phenoxy) is 2. The Labute approximate surface area is 170 Å². The van der Waals surface area contributed by atoms with Gasteiger partial charge in [-0.05, 0) is 37.3 Å². The Morgan fingerprint density at radius 2 is 2.00 bits per heavy atom. The third-order valence-electron chi connectivity index (χ3n) is 3.34. The molecule has 0 amide bonds. The van der Waals surface area contributed by atoms with Gasteiger partial charge < -0.3 is 14.8 Å². The van der Waals surface area contributed by atoms with E-state index in [1.807, 2.05) is 12.1 Å². The third-order valence-corrected chi connectivity index (χ3v) is 4.97. The smallest absolute Gasteiger partial charge is 0.344 e. The lowest BCUT2D eigenvalue weighted by Crippen LogP contribution is -2.14. The minimum atomic E-state index is -0.410. The standard InChI is InChI=1S/C18H15Cl2N3O3S/c1-2-25-16(24)10-26-13-5-3-4-11(8-13)17-22-23-18(27-17)21-12-6-7-14(19)15(20)9-12/h3-9H,2,10H2,1H3,(H,21,23). The van der Waals surface area contributed by atoms with E-state index in [0.29, 0.717) is 32.5 Å². The summed E-state index contributed by atoms with van der Waals surface area (Å²) >= 11 is 13.3. The average Bonchev–Trinajstić information content (AvgIpc) is 3.12. The van der Waals surface area contributed by atoms with Crippen LogP contribution in [0.5, 0.6) is 5.75 Å². The van der Waals surface area contributed by atoms with Crippen molar-refractivity contribution >= 4 is 51.3 Å². The number of halogens is 2. The van der Waals surface area contributed by atoms with Gasteiger partial charge in [0.25, 0.3) is 0 Å². The monoisotopic (exact) mass is 423 g/mol. The highest BCUT2D eigenvalue weighted by Gasteiger charge is 2.10. The summed E-state index contributed by atoms with van der Waals surface area (Å²) in [7, 11) is 0. The summed E-state index contributed by atoms with van der Waals surface area (Å²) in [5, 5.41) is 13.7. The summed E-state index contributed by atoms with van der Waals surface area (Å²) in [6.45, 7) is 1.93. The number of aromatic nitrogens is 2. The molecular formula is C18H15Cl2N3O3S. The zero-order chi connectivity index (χ0) is 19.2. The molecule has 1 aromatic heterocycles. The van der Waals surface area contributed by atoms with Crippen molar-refractivity contribution in [2.45, 2.75) is 6.92 Å². The number of esters is 1. The Morgan fingerprint density at radius 1 is 1.15 bits per heavy atom. The van der Waals surface area contributed by atoms with Gasteiger partial charge in [-0.3, -0.25) is 0 Å². The van der Waals surface area contributed by atoms with Crippen LogP contribution in [0.2, 0.25) is 10.0 Å². The first kappa shape index (κ1) is 19.4. The normalized spacial score (nSPS) is 10.5. The summed E-state index contributed by atoms with van der Waals surface area (Å²) < 4.78 is 10.3. The maximum atomic E-state index is 11.4. The van der Waals surface area contributed by atoms with Crippen LogP contribution in [0.25, 0.3) is 10.6 Å². The van der Waals surface area contributed by atoms with E-state index in [9.17, 15) is 4.79 Å². The zero-order valence-corrected chi connectivity index (χ0v) is 16.6. The molecule has 0 saturated heterocycles. The molecule has 0 bridgehead atoms. The SMILES string of the molecule is CCOC(=O)COc1cccc(-c2nnc(Nc3ccc(Cl)c(Cl)c3)s2)c1. The molecule has 1 N–H and O–H groups in total. The van der Waals surface area contributed by atoms with Gasteiger partial charge in [0.15, 0.2) is 6.61 Å². The Hall–Kier alpha value is -2.35. The third kappa shape index (κ3) is 5.32. The molecular weight excluding hydrogens is 409 g/mol. The van der Waals surface area contributed by atoms with Crippen molar-refractivity contribution in [1.29, 1.82) is 0 Å². The molecule has 0 aliphatic rings. The Morgan fingerprint density at radius 3 is 2.78 bits per heavy atom. The van der Waals surface area contributed by atoms with Crippen LogP contribution in [0.15, 0.2) is 42.5 Å². The Bertz CT molecular complexity index is 949. The lowest BCUT2D eigenvalue weighted by Gasteiger charge is -2.06. The molecule has 0 atom stereocenters. The fraction of sp³-hybridized carbons (Fsp3) is 0.167. The summed E-state index contributed by atoms with van der Waals surface area (Å²) in [5.41, 5.74) is 1.59. The molecule has 0 radical (unpaired) electrons. The van der Waals surface area contributed by atoms with E-state index >= 15 is 0 Å². The second kappa shape index (κ2) is 9.03. The summed E-state index contributed by atoms with van der Waals surface area (Å²) in [4.78, 5) is 11.4. The number of hydrogen-bond acceptors (Lipinski definition) is 7. The number of nitrogens with zero attached hydrogens (tertiary/aromatic N) is 2. The van der Waals surface area contributed by atoms with Crippen LogP contribution in [0.1, 0.15) is 6.92 Å². The van der Waals surface area contributed by atoms with E-state index < -0.39 is 5.97 Å². The number of anilines is 2. The Kier molecular flexibility index (Phi) is 6.49. The van der Waals surface area contributed by atoms with Gasteiger partial charge >= 0.3 is 5.97 Å². The highest BCUT2D eigenvalue weighted by Crippen LogP contribution is 2.32. The van der Waals surface area contributed by atoms with Crippen molar-refractivity contribution in [2.24, 2.45) is 0 Å². The molecule has 1 heterocycles. The molecule has 3 aromatic rings. The van der Waals surface area contributed by atoms with Gasteiger partial charge in [-0.25, -0.2) is 4.79 Å². The topological polar surface area (TPSA) is 73.3 Å². The quantitative estimate of drug-likeness (QED) is 0.526. The van der Waals surface area contributed by atoms with Crippen molar-refractivity contribution < 1.29 is 14.3 Å². The first-order valence-electron chi connectivity index (χ1n) is 7.99. The molecule has 27 heavy (non-hydrogen) atoms. The van der Waals surface area contributed by atoms with E-state index in [2.05, 4.69) is 15.5 Å². The molecule has 0 fully saturated rings. The maximum absolute atomic E-state index is 11.4. The van der Waals surface area contributed by atoms with E-state index in [1.54, 1.807) is 37.3 Å². The Balaban J connectivity index is 1.69. The van der Waals surface area contributed by atoms with E-state index in [-0.39, 0.29) is 6.61 Å². The van der Waals surface area contributed by atoms with E-state index in [0.717, 1.165) is 11.3 Å². The average molecular weight is 424 g/mol. The lowest BCUT2D eigenvalue weighted by atomic mass is 10.2. The van der Waals surface area contributed by atoms with Gasteiger partial charge in [0.2, 0.25) is 5.13 Å². The number of carbonyl (C=O) groups is 1. The molecule has 0 aliphatic heterocycles. The predicted molar refractivity (Wildman–Crippen MR) is 107 cm³/mol. The van der Waals surface area contributed by atoms with Crippen molar-refractivity contribution in [3.05, 3.63) is 52.5 Å². The van der Waals surface area contributed by atoms with Crippen LogP contribution < -0.4 is 10.1 Å². The summed E-state index contributed by atoms with van der Waals surface area (Å²) in [6.07, 6.45) is 0. The fourth-order valence-corrected chi connectivity index (χ4v) is 3.21. The first-order valence-corrected chi connectivity index (χ1v) is 9.57. The highest BCUT2D eigenvalue weighted by molar-refractivity contribution is 7.18. The molecule has 0 saturated carbocycles. The van der Waals surface area contributed by atoms with Crippen LogP contribution in [0.4, 0.5) is 10.8 Å². The van der Waals surface area contributed by atoms with Crippen LogP contribution >= 0.6 is 34.5 Å². The van der Waals surface area contributed by atoms with Crippen LogP contribution in [-0.4, -0.2) is 29.4 Å². The van der Waals surface area contributed by atoms with Crippen molar-refractivity contribution in [1.82, 2.24) is 10.2 Å². The lowest BCUT2D eigenvalue weighted by molar-refractivity contribution is -0.145. The number of hydrogen-bond donors (Lipinski definition) is 1. The summed E-state index contributed by atoms with van der Waals surface area (Å²) in [5.74, 6) is 0.140. The van der Waals surface area contributed by atoms with E-state index in [1.165, 1.54) is 11.3 Å². The van der Waals surface area contributed by atoms with Crippen molar-refractivity contribution in [2.75, 3.05) is 18.5 Å². The second-order valence-corrected chi connectivity index (χ2v) is 7.08. The molecule has 3 rings (SSSR count). The maximum Gasteiger partial charge on any atom is 0.344 e. The van der Waals surface area contributed by atoms with Crippen LogP contribution in [0.3, 0.4) is 0 Å². The van der Waals surface area contributed by atoms with Crippen LogP contribution in [0, 0.1) is 0 Å². The fourth-order valence-electron chi connectivity index (χ4n) is 2.15. The molecule has 6 nitrogen and oxygen atoms in total. The zero-order valence-electron chi connectivity index (χ0n) is 14.2. The summed E-state index contributed by atoms with van der Waals surface area (Å²) in [6, 6.07) is 12.5. The molecule has 9 heteroatoms. The van der Waals surface area contributed by atoms with Gasteiger partial charge in [-0.15, -0.1) is 10.2 Å².